The van der Waals surface area contributed by atoms with Crippen LogP contribution >= 0.6 is 28.6 Å². The van der Waals surface area contributed by atoms with Crippen LogP contribution in [0, 0.1) is 10.1 Å². The van der Waals surface area contributed by atoms with Crippen LogP contribution in [-0.4, -0.2) is 22.6 Å². The van der Waals surface area contributed by atoms with Gasteiger partial charge in [-0.05, 0) is 28.1 Å². The highest BCUT2D eigenvalue weighted by atomic mass is 79.9. The Morgan fingerprint density at radius 1 is 1.53 bits per heavy atom. The summed E-state index contributed by atoms with van der Waals surface area (Å²) in [6.07, 6.45) is 0.401. The van der Waals surface area contributed by atoms with Gasteiger partial charge in [0, 0.05) is 30.0 Å². The number of carbonyl (C=O) groups excluding carboxylic acids is 1. The molecule has 90 valence electrons. The average Bonchev–Trinajstić information content (AvgIpc) is 2.57. The maximum Gasteiger partial charge on any atom is 0.283 e. The van der Waals surface area contributed by atoms with Crippen LogP contribution in [0.1, 0.15) is 6.42 Å². The predicted octanol–water partition coefficient (Wildman–Crippen LogP) is 2.39. The monoisotopic (exact) mass is 316 g/mol. The third-order valence-electron chi connectivity index (χ3n) is 2.54. The molecule has 1 aromatic rings. The molecule has 0 saturated carbocycles. The van der Waals surface area contributed by atoms with Crippen LogP contribution in [0.2, 0.25) is 0 Å². The zero-order chi connectivity index (χ0) is 12.6. The highest BCUT2D eigenvalue weighted by molar-refractivity contribution is 9.10. The van der Waals surface area contributed by atoms with Crippen molar-refractivity contribution >= 4 is 45.8 Å². The fourth-order valence-electron chi connectivity index (χ4n) is 1.75. The molecule has 1 aliphatic heterocycles. The molecule has 1 heterocycles. The van der Waals surface area contributed by atoms with E-state index in [4.69, 9.17) is 0 Å². The summed E-state index contributed by atoms with van der Waals surface area (Å²) >= 11 is 7.39. The van der Waals surface area contributed by atoms with Gasteiger partial charge in [0.2, 0.25) is 5.91 Å². The van der Waals surface area contributed by atoms with Crippen molar-refractivity contribution in [2.75, 3.05) is 11.4 Å². The second-order valence-corrected chi connectivity index (χ2v) is 5.34. The van der Waals surface area contributed by atoms with Crippen LogP contribution in [0.4, 0.5) is 11.4 Å². The molecule has 1 aliphatic rings. The van der Waals surface area contributed by atoms with Crippen LogP contribution in [0.25, 0.3) is 0 Å². The number of benzene rings is 1. The molecule has 0 bridgehead atoms. The van der Waals surface area contributed by atoms with E-state index in [9.17, 15) is 14.9 Å². The first-order valence-electron chi connectivity index (χ1n) is 4.91. The summed E-state index contributed by atoms with van der Waals surface area (Å²) in [6, 6.07) is 4.55. The zero-order valence-electron chi connectivity index (χ0n) is 8.67. The maximum atomic E-state index is 11.6. The lowest BCUT2D eigenvalue weighted by molar-refractivity contribution is -0.385. The molecule has 17 heavy (non-hydrogen) atoms. The minimum atomic E-state index is -0.471. The number of nitrogens with zero attached hydrogens (tertiary/aromatic N) is 2. The van der Waals surface area contributed by atoms with Gasteiger partial charge in [0.1, 0.15) is 0 Å². The Hall–Kier alpha value is -1.08. The van der Waals surface area contributed by atoms with Crippen LogP contribution in [0.3, 0.4) is 0 Å². The van der Waals surface area contributed by atoms with Crippen molar-refractivity contribution in [1.29, 1.82) is 0 Å². The lowest BCUT2D eigenvalue weighted by Crippen LogP contribution is -2.24. The molecule has 0 aliphatic carbocycles. The molecule has 1 aromatic carbocycles. The minimum absolute atomic E-state index is 0.00856. The molecule has 1 saturated heterocycles. The number of carbonyl (C=O) groups is 1. The fraction of sp³-hybridized carbons (Fsp3) is 0.300. The Kier molecular flexibility index (Phi) is 3.39. The SMILES string of the molecule is O=C1CC(S)CN1c1ccc([N+](=O)[O-])c(Br)c1. The Bertz CT molecular complexity index is 494. The second-order valence-electron chi connectivity index (χ2n) is 3.76. The van der Waals surface area contributed by atoms with Gasteiger partial charge >= 0.3 is 0 Å². The van der Waals surface area contributed by atoms with Gasteiger partial charge < -0.3 is 4.90 Å². The van der Waals surface area contributed by atoms with Gasteiger partial charge in [-0.3, -0.25) is 14.9 Å². The van der Waals surface area contributed by atoms with Crippen molar-refractivity contribution in [2.45, 2.75) is 11.7 Å². The largest absolute Gasteiger partial charge is 0.311 e. The third kappa shape index (κ3) is 2.44. The summed E-state index contributed by atoms with van der Waals surface area (Å²) in [5.74, 6) is -0.00856. The van der Waals surface area contributed by atoms with E-state index >= 15 is 0 Å². The average molecular weight is 317 g/mol. The summed E-state index contributed by atoms with van der Waals surface area (Å²) in [5.41, 5.74) is 0.645. The second kappa shape index (κ2) is 4.66. The van der Waals surface area contributed by atoms with Gasteiger partial charge in [-0.25, -0.2) is 0 Å². The van der Waals surface area contributed by atoms with Crippen LogP contribution in [0.15, 0.2) is 22.7 Å². The van der Waals surface area contributed by atoms with E-state index in [0.29, 0.717) is 23.1 Å². The van der Waals surface area contributed by atoms with E-state index in [1.807, 2.05) is 0 Å². The van der Waals surface area contributed by atoms with Gasteiger partial charge in [-0.2, -0.15) is 12.6 Å². The summed E-state index contributed by atoms with van der Waals surface area (Å²) in [6.45, 7) is 0.534. The molecule has 0 radical (unpaired) electrons. The van der Waals surface area contributed by atoms with Crippen molar-refractivity contribution in [3.8, 4) is 0 Å². The quantitative estimate of drug-likeness (QED) is 0.517. The number of amides is 1. The predicted molar refractivity (Wildman–Crippen MR) is 70.5 cm³/mol. The number of anilines is 1. The van der Waals surface area contributed by atoms with E-state index in [1.54, 1.807) is 17.0 Å². The highest BCUT2D eigenvalue weighted by Crippen LogP contribution is 2.31. The lowest BCUT2D eigenvalue weighted by atomic mass is 10.2. The first-order valence-corrected chi connectivity index (χ1v) is 6.22. The number of thiol groups is 1. The third-order valence-corrected chi connectivity index (χ3v) is 3.53. The molecule has 1 unspecified atom stereocenters. The molecule has 1 amide bonds. The minimum Gasteiger partial charge on any atom is -0.311 e. The molecule has 2 rings (SSSR count). The summed E-state index contributed by atoms with van der Waals surface area (Å²) in [7, 11) is 0. The first-order chi connectivity index (χ1) is 7.99. The number of hydrogen-bond donors (Lipinski definition) is 1. The molecule has 0 spiro atoms. The van der Waals surface area contributed by atoms with Crippen LogP contribution < -0.4 is 4.90 Å². The van der Waals surface area contributed by atoms with Crippen LogP contribution in [0.5, 0.6) is 0 Å². The number of nitro groups is 1. The summed E-state index contributed by atoms with van der Waals surface area (Å²) in [5, 5.41) is 10.7. The molecule has 5 nitrogen and oxygen atoms in total. The van der Waals surface area contributed by atoms with Crippen LogP contribution in [-0.2, 0) is 4.79 Å². The Morgan fingerprint density at radius 2 is 2.24 bits per heavy atom. The van der Waals surface area contributed by atoms with E-state index in [1.165, 1.54) is 6.07 Å². The van der Waals surface area contributed by atoms with Crippen molar-refractivity contribution in [1.82, 2.24) is 0 Å². The molecule has 7 heteroatoms. The fourth-order valence-corrected chi connectivity index (χ4v) is 2.58. The van der Waals surface area contributed by atoms with E-state index in [2.05, 4.69) is 28.6 Å². The Balaban J connectivity index is 2.32. The molecule has 1 fully saturated rings. The lowest BCUT2D eigenvalue weighted by Gasteiger charge is -2.16. The Morgan fingerprint density at radius 3 is 2.71 bits per heavy atom. The maximum absolute atomic E-state index is 11.6. The number of halogens is 1. The first kappa shape index (κ1) is 12.4. The summed E-state index contributed by atoms with van der Waals surface area (Å²) in [4.78, 5) is 23.4. The van der Waals surface area contributed by atoms with E-state index < -0.39 is 4.92 Å². The van der Waals surface area contributed by atoms with E-state index in [0.717, 1.165) is 0 Å². The van der Waals surface area contributed by atoms with Gasteiger partial charge in [-0.15, -0.1) is 0 Å². The standard InChI is InChI=1S/C10H9BrN2O3S/c11-8-3-6(1-2-9(8)13(15)16)12-5-7(17)4-10(12)14/h1-3,7,17H,4-5H2. The molecular formula is C10H9BrN2O3S. The molecule has 0 N–H and O–H groups in total. The van der Waals surface area contributed by atoms with Crippen molar-refractivity contribution in [3.05, 3.63) is 32.8 Å². The van der Waals surface area contributed by atoms with Gasteiger partial charge in [-0.1, -0.05) is 0 Å². The normalized spacial score (nSPS) is 19.8. The molecule has 0 aromatic heterocycles. The number of rotatable bonds is 2. The van der Waals surface area contributed by atoms with Gasteiger partial charge in [0.15, 0.2) is 0 Å². The van der Waals surface area contributed by atoms with Gasteiger partial charge in [0.25, 0.3) is 5.69 Å². The highest BCUT2D eigenvalue weighted by Gasteiger charge is 2.29. The summed E-state index contributed by atoms with van der Waals surface area (Å²) < 4.78 is 0.371. The van der Waals surface area contributed by atoms with Crippen molar-refractivity contribution in [2.24, 2.45) is 0 Å². The van der Waals surface area contributed by atoms with Crippen molar-refractivity contribution in [3.63, 3.8) is 0 Å². The van der Waals surface area contributed by atoms with E-state index in [-0.39, 0.29) is 16.8 Å². The van der Waals surface area contributed by atoms with Gasteiger partial charge in [0.05, 0.1) is 9.40 Å². The molecule has 1 atom stereocenters. The smallest absolute Gasteiger partial charge is 0.283 e. The number of nitro benzene ring substituents is 1. The van der Waals surface area contributed by atoms with Crippen molar-refractivity contribution < 1.29 is 9.72 Å². The number of hydrogen-bond acceptors (Lipinski definition) is 4. The Labute approximate surface area is 111 Å². The topological polar surface area (TPSA) is 63.5 Å². The zero-order valence-corrected chi connectivity index (χ0v) is 11.1. The molecular weight excluding hydrogens is 308 g/mol.